The van der Waals surface area contributed by atoms with E-state index >= 15 is 0 Å². The summed E-state index contributed by atoms with van der Waals surface area (Å²) in [6, 6.07) is 6.08. The van der Waals surface area contributed by atoms with Crippen molar-refractivity contribution in [3.8, 4) is 11.8 Å². The largest absolute Gasteiger partial charge is 0.495 e. The van der Waals surface area contributed by atoms with Crippen LogP contribution in [0.5, 0.6) is 5.75 Å². The number of methoxy groups -OCH3 is 1. The molecule has 0 heterocycles. The number of nitrogens with two attached hydrogens (primary N) is 1. The highest BCUT2D eigenvalue weighted by Crippen LogP contribution is 2.24. The lowest BCUT2D eigenvalue weighted by Gasteiger charge is -2.09. The molecular formula is C12H16N2O. The van der Waals surface area contributed by atoms with Crippen LogP contribution in [0.25, 0.3) is 0 Å². The Morgan fingerprint density at radius 1 is 1.47 bits per heavy atom. The Bertz CT molecular complexity index is 380. The standard InChI is InChI=1S/C12H16N2O/c1-9-6-10(4-3-5-13)7-11(8-14)12(9)15-2/h6-7H,3-5,13H2,1-2H3. The highest BCUT2D eigenvalue weighted by Gasteiger charge is 2.07. The second-order valence-electron chi connectivity index (χ2n) is 3.50. The van der Waals surface area contributed by atoms with E-state index in [0.29, 0.717) is 17.9 Å². The van der Waals surface area contributed by atoms with E-state index in [1.165, 1.54) is 0 Å². The van der Waals surface area contributed by atoms with E-state index in [1.807, 2.05) is 13.0 Å². The lowest BCUT2D eigenvalue weighted by molar-refractivity contribution is 0.410. The summed E-state index contributed by atoms with van der Waals surface area (Å²) in [5, 5.41) is 8.97. The molecule has 0 aliphatic carbocycles. The van der Waals surface area contributed by atoms with Gasteiger partial charge in [-0.25, -0.2) is 0 Å². The summed E-state index contributed by atoms with van der Waals surface area (Å²) < 4.78 is 5.18. The maximum absolute atomic E-state index is 8.97. The van der Waals surface area contributed by atoms with Gasteiger partial charge in [-0.1, -0.05) is 6.07 Å². The Kier molecular flexibility index (Phi) is 4.14. The Balaban J connectivity index is 3.04. The predicted octanol–water partition coefficient (Wildman–Crippen LogP) is 1.77. The van der Waals surface area contributed by atoms with Gasteiger partial charge in [-0.05, 0) is 43.5 Å². The van der Waals surface area contributed by atoms with Gasteiger partial charge < -0.3 is 10.5 Å². The lowest BCUT2D eigenvalue weighted by atomic mass is 10.0. The van der Waals surface area contributed by atoms with Gasteiger partial charge in [0, 0.05) is 0 Å². The Morgan fingerprint density at radius 3 is 2.73 bits per heavy atom. The van der Waals surface area contributed by atoms with Gasteiger partial charge in [-0.2, -0.15) is 5.26 Å². The van der Waals surface area contributed by atoms with Crippen molar-refractivity contribution in [2.75, 3.05) is 13.7 Å². The van der Waals surface area contributed by atoms with E-state index in [4.69, 9.17) is 15.7 Å². The summed E-state index contributed by atoms with van der Waals surface area (Å²) in [6.45, 7) is 2.62. The van der Waals surface area contributed by atoms with Crippen molar-refractivity contribution in [1.82, 2.24) is 0 Å². The minimum Gasteiger partial charge on any atom is -0.495 e. The molecule has 1 aromatic carbocycles. The zero-order valence-electron chi connectivity index (χ0n) is 9.21. The average Bonchev–Trinajstić information content (AvgIpc) is 2.25. The molecular weight excluding hydrogens is 188 g/mol. The number of rotatable bonds is 4. The quantitative estimate of drug-likeness (QED) is 0.813. The number of ether oxygens (including phenoxy) is 1. The Morgan fingerprint density at radius 2 is 2.20 bits per heavy atom. The molecule has 0 aromatic heterocycles. The maximum Gasteiger partial charge on any atom is 0.139 e. The zero-order chi connectivity index (χ0) is 11.3. The van der Waals surface area contributed by atoms with Gasteiger partial charge in [0.05, 0.1) is 12.7 Å². The van der Waals surface area contributed by atoms with E-state index in [9.17, 15) is 0 Å². The molecule has 1 aromatic rings. The molecule has 0 radical (unpaired) electrons. The number of hydrogen-bond acceptors (Lipinski definition) is 3. The predicted molar refractivity (Wildman–Crippen MR) is 59.8 cm³/mol. The van der Waals surface area contributed by atoms with Gasteiger partial charge in [0.25, 0.3) is 0 Å². The number of hydrogen-bond donors (Lipinski definition) is 1. The molecule has 0 unspecified atom stereocenters. The molecule has 80 valence electrons. The fraction of sp³-hybridized carbons (Fsp3) is 0.417. The minimum absolute atomic E-state index is 0.601. The van der Waals surface area contributed by atoms with Crippen LogP contribution in [0.3, 0.4) is 0 Å². The van der Waals surface area contributed by atoms with Crippen molar-refractivity contribution in [3.63, 3.8) is 0 Å². The first kappa shape index (κ1) is 11.5. The second kappa shape index (κ2) is 5.38. The highest BCUT2D eigenvalue weighted by atomic mass is 16.5. The zero-order valence-corrected chi connectivity index (χ0v) is 9.21. The molecule has 0 bridgehead atoms. The average molecular weight is 204 g/mol. The monoisotopic (exact) mass is 204 g/mol. The molecule has 0 spiro atoms. The van der Waals surface area contributed by atoms with Crippen molar-refractivity contribution in [3.05, 3.63) is 28.8 Å². The normalized spacial score (nSPS) is 9.73. The molecule has 2 N–H and O–H groups in total. The molecule has 3 heteroatoms. The molecule has 0 fully saturated rings. The topological polar surface area (TPSA) is 59.0 Å². The van der Waals surface area contributed by atoms with Gasteiger partial charge in [0.15, 0.2) is 0 Å². The van der Waals surface area contributed by atoms with Crippen LogP contribution < -0.4 is 10.5 Å². The van der Waals surface area contributed by atoms with Crippen LogP contribution >= 0.6 is 0 Å². The van der Waals surface area contributed by atoms with E-state index in [1.54, 1.807) is 7.11 Å². The van der Waals surface area contributed by atoms with Crippen molar-refractivity contribution in [1.29, 1.82) is 5.26 Å². The molecule has 0 aliphatic rings. The van der Waals surface area contributed by atoms with Crippen LogP contribution in [0, 0.1) is 18.3 Å². The van der Waals surface area contributed by atoms with Gasteiger partial charge in [0.1, 0.15) is 11.8 Å². The minimum atomic E-state index is 0.601. The van der Waals surface area contributed by atoms with Crippen LogP contribution in [0.1, 0.15) is 23.1 Å². The summed E-state index contributed by atoms with van der Waals surface area (Å²) in [5.74, 6) is 0.675. The molecule has 1 rings (SSSR count). The van der Waals surface area contributed by atoms with Crippen LogP contribution in [-0.4, -0.2) is 13.7 Å². The second-order valence-corrected chi connectivity index (χ2v) is 3.50. The molecule has 0 atom stereocenters. The fourth-order valence-electron chi connectivity index (χ4n) is 1.65. The van der Waals surface area contributed by atoms with Gasteiger partial charge in [0.2, 0.25) is 0 Å². The summed E-state index contributed by atoms with van der Waals surface area (Å²) in [5.41, 5.74) is 8.20. The van der Waals surface area contributed by atoms with E-state index in [0.717, 1.165) is 24.0 Å². The molecule has 15 heavy (non-hydrogen) atoms. The third-order valence-corrected chi connectivity index (χ3v) is 2.33. The lowest BCUT2D eigenvalue weighted by Crippen LogP contribution is -2.01. The summed E-state index contributed by atoms with van der Waals surface area (Å²) in [4.78, 5) is 0. The smallest absolute Gasteiger partial charge is 0.139 e. The number of nitrogens with zero attached hydrogens (tertiary/aromatic N) is 1. The van der Waals surface area contributed by atoms with Crippen LogP contribution in [0.15, 0.2) is 12.1 Å². The Labute approximate surface area is 90.5 Å². The number of nitriles is 1. The van der Waals surface area contributed by atoms with Crippen LogP contribution in [0.2, 0.25) is 0 Å². The summed E-state index contributed by atoms with van der Waals surface area (Å²) in [6.07, 6.45) is 1.85. The summed E-state index contributed by atoms with van der Waals surface area (Å²) >= 11 is 0. The third-order valence-electron chi connectivity index (χ3n) is 2.33. The van der Waals surface area contributed by atoms with Crippen molar-refractivity contribution in [2.24, 2.45) is 5.73 Å². The van der Waals surface area contributed by atoms with Crippen molar-refractivity contribution >= 4 is 0 Å². The molecule has 0 saturated heterocycles. The van der Waals surface area contributed by atoms with Gasteiger partial charge >= 0.3 is 0 Å². The number of benzene rings is 1. The fourth-order valence-corrected chi connectivity index (χ4v) is 1.65. The third kappa shape index (κ3) is 2.71. The van der Waals surface area contributed by atoms with Crippen molar-refractivity contribution in [2.45, 2.75) is 19.8 Å². The summed E-state index contributed by atoms with van der Waals surface area (Å²) in [7, 11) is 1.59. The van der Waals surface area contributed by atoms with Gasteiger partial charge in [-0.3, -0.25) is 0 Å². The number of aryl methyl sites for hydroxylation is 2. The maximum atomic E-state index is 8.97. The molecule has 0 amide bonds. The first-order chi connectivity index (χ1) is 7.22. The molecule has 0 aliphatic heterocycles. The first-order valence-electron chi connectivity index (χ1n) is 5.00. The first-order valence-corrected chi connectivity index (χ1v) is 5.00. The molecule has 3 nitrogen and oxygen atoms in total. The highest BCUT2D eigenvalue weighted by molar-refractivity contribution is 5.50. The Hall–Kier alpha value is -1.53. The van der Waals surface area contributed by atoms with E-state index in [-0.39, 0.29) is 0 Å². The van der Waals surface area contributed by atoms with Crippen molar-refractivity contribution < 1.29 is 4.74 Å². The van der Waals surface area contributed by atoms with E-state index < -0.39 is 0 Å². The van der Waals surface area contributed by atoms with E-state index in [2.05, 4.69) is 12.1 Å². The van der Waals surface area contributed by atoms with Crippen LogP contribution in [-0.2, 0) is 6.42 Å². The molecule has 0 saturated carbocycles. The SMILES string of the molecule is COc1c(C)cc(CCCN)cc1C#N. The van der Waals surface area contributed by atoms with Crippen LogP contribution in [0.4, 0.5) is 0 Å². The van der Waals surface area contributed by atoms with Gasteiger partial charge in [-0.15, -0.1) is 0 Å².